The number of benzene rings is 1. The van der Waals surface area contributed by atoms with Crippen molar-refractivity contribution < 1.29 is 4.55 Å². The van der Waals surface area contributed by atoms with Gasteiger partial charge in [0.1, 0.15) is 0 Å². The first-order valence-corrected chi connectivity index (χ1v) is 10.5. The van der Waals surface area contributed by atoms with Crippen LogP contribution in [0.15, 0.2) is 29.2 Å². The lowest BCUT2D eigenvalue weighted by molar-refractivity contribution is 0.0948. The van der Waals surface area contributed by atoms with Gasteiger partial charge >= 0.3 is 0 Å². The molecule has 2 fully saturated rings. The van der Waals surface area contributed by atoms with E-state index in [1.165, 1.54) is 38.8 Å². The Kier molecular flexibility index (Phi) is 6.44. The van der Waals surface area contributed by atoms with Crippen LogP contribution in [0.25, 0.3) is 0 Å². The van der Waals surface area contributed by atoms with Gasteiger partial charge in [0.05, 0.1) is 17.0 Å². The monoisotopic (exact) mass is 349 g/mol. The van der Waals surface area contributed by atoms with Gasteiger partial charge in [0, 0.05) is 19.1 Å². The van der Waals surface area contributed by atoms with Crippen molar-refractivity contribution in [3.8, 4) is 0 Å². The van der Waals surface area contributed by atoms with E-state index in [-0.39, 0.29) is 0 Å². The Morgan fingerprint density at radius 2 is 1.75 bits per heavy atom. The molecule has 2 saturated heterocycles. The van der Waals surface area contributed by atoms with Crippen LogP contribution in [0.4, 0.5) is 5.69 Å². The largest absolute Gasteiger partial charge is 0.593 e. The van der Waals surface area contributed by atoms with E-state index in [9.17, 15) is 4.55 Å². The number of hydrogen-bond acceptors (Lipinski definition) is 4. The first kappa shape index (κ1) is 18.1. The van der Waals surface area contributed by atoms with E-state index in [2.05, 4.69) is 16.1 Å². The van der Waals surface area contributed by atoms with Gasteiger partial charge in [0.2, 0.25) is 0 Å². The zero-order chi connectivity index (χ0) is 16.9. The molecular weight excluding hydrogens is 318 g/mol. The van der Waals surface area contributed by atoms with Gasteiger partial charge in [-0.15, -0.1) is 4.31 Å². The molecule has 0 unspecified atom stereocenters. The van der Waals surface area contributed by atoms with Crippen molar-refractivity contribution in [2.75, 3.05) is 31.9 Å². The van der Waals surface area contributed by atoms with Gasteiger partial charge in [-0.1, -0.05) is 31.9 Å². The molecule has 2 N–H and O–H groups in total. The summed E-state index contributed by atoms with van der Waals surface area (Å²) < 4.78 is 14.9. The van der Waals surface area contributed by atoms with Crippen molar-refractivity contribution in [1.82, 2.24) is 9.21 Å². The van der Waals surface area contributed by atoms with Crippen LogP contribution in [-0.4, -0.2) is 46.0 Å². The van der Waals surface area contributed by atoms with Crippen LogP contribution in [0.1, 0.15) is 45.4 Å². The zero-order valence-electron chi connectivity index (χ0n) is 14.8. The molecule has 5 heteroatoms. The van der Waals surface area contributed by atoms with Gasteiger partial charge in [-0.25, -0.2) is 0 Å². The first-order chi connectivity index (χ1) is 11.7. The summed E-state index contributed by atoms with van der Waals surface area (Å²) >= 11 is -1.12. The van der Waals surface area contributed by atoms with Crippen LogP contribution in [0.3, 0.4) is 0 Å². The van der Waals surface area contributed by atoms with Gasteiger partial charge in [-0.05, 0) is 56.8 Å². The maximum atomic E-state index is 12.8. The molecule has 134 valence electrons. The SMILES string of the molecule is CCCC1CCN(C2CCN([S@+]([O-])c3ccccc3N)CC2)CC1. The minimum atomic E-state index is -1.12. The zero-order valence-corrected chi connectivity index (χ0v) is 15.6. The second kappa shape index (κ2) is 8.56. The molecule has 0 saturated carbocycles. The number of anilines is 1. The molecule has 0 aromatic heterocycles. The fraction of sp³-hybridized carbons (Fsp3) is 0.684. The molecule has 0 bridgehead atoms. The highest BCUT2D eigenvalue weighted by molar-refractivity contribution is 7.89. The average Bonchev–Trinajstić information content (AvgIpc) is 2.63. The van der Waals surface area contributed by atoms with E-state index in [1.807, 2.05) is 24.3 Å². The van der Waals surface area contributed by atoms with Crippen molar-refractivity contribution in [2.24, 2.45) is 5.92 Å². The standard InChI is InChI=1S/C19H31N3OS/c1-2-5-16-8-12-21(13-9-16)17-10-14-22(15-11-17)24(23)19-7-4-3-6-18(19)20/h3-4,6-7,16-17H,2,5,8-15,20H2,1H3/t24-/m1/s1. The molecule has 3 rings (SSSR count). The summed E-state index contributed by atoms with van der Waals surface area (Å²) in [6.45, 7) is 6.61. The maximum absolute atomic E-state index is 12.8. The van der Waals surface area contributed by atoms with Gasteiger partial charge in [-0.2, -0.15) is 0 Å². The van der Waals surface area contributed by atoms with Gasteiger partial charge < -0.3 is 15.2 Å². The topological polar surface area (TPSA) is 55.6 Å². The molecule has 1 atom stereocenters. The summed E-state index contributed by atoms with van der Waals surface area (Å²) in [7, 11) is 0. The van der Waals surface area contributed by atoms with Crippen molar-refractivity contribution in [1.29, 1.82) is 0 Å². The smallest absolute Gasteiger partial charge is 0.196 e. The lowest BCUT2D eigenvalue weighted by Crippen LogP contribution is -2.49. The Hall–Kier alpha value is -0.750. The lowest BCUT2D eigenvalue weighted by atomic mass is 9.90. The second-order valence-electron chi connectivity index (χ2n) is 7.22. The Labute approximate surface area is 149 Å². The second-order valence-corrected chi connectivity index (χ2v) is 8.67. The third kappa shape index (κ3) is 4.26. The first-order valence-electron chi connectivity index (χ1n) is 9.44. The van der Waals surface area contributed by atoms with Crippen LogP contribution in [0.2, 0.25) is 0 Å². The number of hydrogen-bond donors (Lipinski definition) is 1. The van der Waals surface area contributed by atoms with E-state index in [4.69, 9.17) is 5.73 Å². The van der Waals surface area contributed by atoms with Crippen LogP contribution in [0, 0.1) is 5.92 Å². The fourth-order valence-corrected chi connectivity index (χ4v) is 5.45. The van der Waals surface area contributed by atoms with Gasteiger partial charge in [0.15, 0.2) is 4.90 Å². The average molecular weight is 350 g/mol. The summed E-state index contributed by atoms with van der Waals surface area (Å²) in [6.07, 6.45) is 7.68. The third-order valence-electron chi connectivity index (χ3n) is 5.63. The van der Waals surface area contributed by atoms with E-state index in [0.29, 0.717) is 11.7 Å². The summed E-state index contributed by atoms with van der Waals surface area (Å²) in [5, 5.41) is 0. The number of nitrogen functional groups attached to an aromatic ring is 1. The maximum Gasteiger partial charge on any atom is 0.196 e. The summed E-state index contributed by atoms with van der Waals surface area (Å²) in [5.41, 5.74) is 6.62. The molecule has 1 aromatic rings. The highest BCUT2D eigenvalue weighted by atomic mass is 32.2. The number of nitrogens with two attached hydrogens (primary N) is 1. The van der Waals surface area contributed by atoms with Crippen molar-refractivity contribution in [2.45, 2.75) is 56.4 Å². The predicted molar refractivity (Wildman–Crippen MR) is 101 cm³/mol. The van der Waals surface area contributed by atoms with Crippen molar-refractivity contribution >= 4 is 17.0 Å². The van der Waals surface area contributed by atoms with Crippen LogP contribution in [-0.2, 0) is 11.4 Å². The Balaban J connectivity index is 1.49. The molecule has 2 aliphatic rings. The van der Waals surface area contributed by atoms with Crippen LogP contribution in [0.5, 0.6) is 0 Å². The fourth-order valence-electron chi connectivity index (χ4n) is 4.17. The van der Waals surface area contributed by atoms with Crippen molar-refractivity contribution in [3.63, 3.8) is 0 Å². The van der Waals surface area contributed by atoms with Crippen molar-refractivity contribution in [3.05, 3.63) is 24.3 Å². The Bertz CT molecular complexity index is 511. The molecule has 2 aliphatic heterocycles. The number of nitrogens with zero attached hydrogens (tertiary/aromatic N) is 2. The molecule has 4 nitrogen and oxygen atoms in total. The number of rotatable bonds is 5. The normalized spacial score (nSPS) is 23.4. The van der Waals surface area contributed by atoms with E-state index in [0.717, 1.165) is 36.7 Å². The minimum Gasteiger partial charge on any atom is -0.593 e. The number of likely N-dealkylation sites (tertiary alicyclic amines) is 1. The highest BCUT2D eigenvalue weighted by Crippen LogP contribution is 2.29. The third-order valence-corrected chi connectivity index (χ3v) is 7.21. The quantitative estimate of drug-likeness (QED) is 0.655. The van der Waals surface area contributed by atoms with Gasteiger partial charge in [-0.3, -0.25) is 0 Å². The molecule has 1 aromatic carbocycles. The minimum absolute atomic E-state index is 0.635. The number of piperidine rings is 2. The Morgan fingerprint density at radius 3 is 2.38 bits per heavy atom. The van der Waals surface area contributed by atoms with E-state index < -0.39 is 11.4 Å². The number of para-hydroxylation sites is 1. The molecular formula is C19H31N3OS. The molecule has 0 aliphatic carbocycles. The molecule has 2 heterocycles. The van der Waals surface area contributed by atoms with Crippen LogP contribution >= 0.6 is 0 Å². The molecule has 0 amide bonds. The van der Waals surface area contributed by atoms with E-state index >= 15 is 0 Å². The summed E-state index contributed by atoms with van der Waals surface area (Å²) in [6, 6.07) is 8.20. The van der Waals surface area contributed by atoms with Gasteiger partial charge in [0.25, 0.3) is 0 Å². The molecule has 0 spiro atoms. The van der Waals surface area contributed by atoms with E-state index in [1.54, 1.807) is 0 Å². The molecule has 0 radical (unpaired) electrons. The summed E-state index contributed by atoms with van der Waals surface area (Å²) in [5.74, 6) is 0.944. The Morgan fingerprint density at radius 1 is 1.08 bits per heavy atom. The highest BCUT2D eigenvalue weighted by Gasteiger charge is 2.33. The molecule has 24 heavy (non-hydrogen) atoms. The summed E-state index contributed by atoms with van der Waals surface area (Å²) in [4.78, 5) is 3.44. The van der Waals surface area contributed by atoms with Crippen LogP contribution < -0.4 is 5.73 Å². The predicted octanol–water partition coefficient (Wildman–Crippen LogP) is 3.27. The lowest BCUT2D eigenvalue weighted by Gasteiger charge is -2.41.